The van der Waals surface area contributed by atoms with Gasteiger partial charge in [0.05, 0.1) is 18.2 Å². The summed E-state index contributed by atoms with van der Waals surface area (Å²) in [5.74, 6) is 0.0206. The molecule has 1 unspecified atom stereocenters. The largest absolute Gasteiger partial charge is 0.265 e. The minimum Gasteiger partial charge on any atom is -0.265 e. The third kappa shape index (κ3) is 5.43. The first-order valence-corrected chi connectivity index (χ1v) is 6.94. The molecule has 1 atom stereocenters. The van der Waals surface area contributed by atoms with Crippen molar-refractivity contribution in [2.45, 2.75) is 25.8 Å². The molecule has 0 saturated heterocycles. The van der Waals surface area contributed by atoms with Gasteiger partial charge in [-0.2, -0.15) is 5.26 Å². The highest BCUT2D eigenvalue weighted by Gasteiger charge is 2.14. The van der Waals surface area contributed by atoms with Gasteiger partial charge in [-0.05, 0) is 31.0 Å². The van der Waals surface area contributed by atoms with Crippen LogP contribution in [0.4, 0.5) is 0 Å². The molecule has 0 spiro atoms. The number of rotatable bonds is 6. The number of nitrogens with zero attached hydrogens (tertiary/aromatic N) is 2. The van der Waals surface area contributed by atoms with E-state index in [-0.39, 0.29) is 18.2 Å². The SMILES string of the molecule is CC(CC#N)NS(=O)(=O)CCc1ccncc1. The molecular formula is C11H15N3O2S. The minimum atomic E-state index is -3.32. The molecule has 17 heavy (non-hydrogen) atoms. The summed E-state index contributed by atoms with van der Waals surface area (Å²) in [7, 11) is -3.32. The number of hydrogen-bond acceptors (Lipinski definition) is 4. The lowest BCUT2D eigenvalue weighted by molar-refractivity contribution is 0.562. The summed E-state index contributed by atoms with van der Waals surface area (Å²) < 4.78 is 25.8. The van der Waals surface area contributed by atoms with E-state index in [0.717, 1.165) is 5.56 Å². The second-order valence-corrected chi connectivity index (χ2v) is 5.68. The van der Waals surface area contributed by atoms with E-state index in [9.17, 15) is 8.42 Å². The summed E-state index contributed by atoms with van der Waals surface area (Å²) in [6.45, 7) is 1.67. The maximum Gasteiger partial charge on any atom is 0.212 e. The fourth-order valence-electron chi connectivity index (χ4n) is 1.35. The zero-order valence-corrected chi connectivity index (χ0v) is 10.4. The van der Waals surface area contributed by atoms with Gasteiger partial charge in [0, 0.05) is 18.4 Å². The number of aryl methyl sites for hydroxylation is 1. The van der Waals surface area contributed by atoms with Crippen molar-refractivity contribution in [2.75, 3.05) is 5.75 Å². The molecule has 0 aliphatic rings. The van der Waals surface area contributed by atoms with E-state index in [1.807, 2.05) is 6.07 Å². The Kier molecular flexibility index (Phi) is 5.07. The molecule has 92 valence electrons. The van der Waals surface area contributed by atoms with Crippen molar-refractivity contribution in [1.29, 1.82) is 5.26 Å². The van der Waals surface area contributed by atoms with E-state index in [4.69, 9.17) is 5.26 Å². The molecule has 0 aromatic carbocycles. The van der Waals surface area contributed by atoms with Crippen LogP contribution in [0.15, 0.2) is 24.5 Å². The first-order chi connectivity index (χ1) is 8.03. The molecule has 0 fully saturated rings. The Morgan fingerprint density at radius 3 is 2.71 bits per heavy atom. The Morgan fingerprint density at radius 2 is 2.12 bits per heavy atom. The fraction of sp³-hybridized carbons (Fsp3) is 0.455. The molecule has 1 aromatic heterocycles. The molecule has 1 heterocycles. The van der Waals surface area contributed by atoms with Gasteiger partial charge in [0.2, 0.25) is 10.0 Å². The number of aromatic nitrogens is 1. The molecule has 0 radical (unpaired) electrons. The van der Waals surface area contributed by atoms with Crippen molar-refractivity contribution in [3.05, 3.63) is 30.1 Å². The van der Waals surface area contributed by atoms with E-state index < -0.39 is 10.0 Å². The molecule has 0 aliphatic carbocycles. The first-order valence-electron chi connectivity index (χ1n) is 5.29. The van der Waals surface area contributed by atoms with Gasteiger partial charge in [-0.25, -0.2) is 13.1 Å². The van der Waals surface area contributed by atoms with E-state index >= 15 is 0 Å². The predicted octanol–water partition coefficient (Wildman–Crippen LogP) is 0.846. The fourth-order valence-corrected chi connectivity index (χ4v) is 2.66. The summed E-state index contributed by atoms with van der Waals surface area (Å²) in [5, 5.41) is 8.45. The van der Waals surface area contributed by atoms with Gasteiger partial charge < -0.3 is 0 Å². The molecule has 1 rings (SSSR count). The average molecular weight is 253 g/mol. The van der Waals surface area contributed by atoms with Crippen LogP contribution in [-0.2, 0) is 16.4 Å². The zero-order valence-electron chi connectivity index (χ0n) is 9.63. The Labute approximate surface area is 102 Å². The lowest BCUT2D eigenvalue weighted by Gasteiger charge is -2.10. The second-order valence-electron chi connectivity index (χ2n) is 3.81. The topological polar surface area (TPSA) is 82.9 Å². The Balaban J connectivity index is 2.48. The van der Waals surface area contributed by atoms with Gasteiger partial charge in [0.25, 0.3) is 0 Å². The van der Waals surface area contributed by atoms with Gasteiger partial charge in [0.15, 0.2) is 0 Å². The Hall–Kier alpha value is -1.45. The Bertz CT molecular complexity index is 479. The predicted molar refractivity (Wildman–Crippen MR) is 64.6 cm³/mol. The van der Waals surface area contributed by atoms with Gasteiger partial charge in [-0.1, -0.05) is 0 Å². The highest BCUT2D eigenvalue weighted by Crippen LogP contribution is 2.01. The number of nitrogens with one attached hydrogen (secondary N) is 1. The highest BCUT2D eigenvalue weighted by atomic mass is 32.2. The standard InChI is InChI=1S/C11H15N3O2S/c1-10(2-6-12)14-17(15,16)9-5-11-3-7-13-8-4-11/h3-4,7-8,10,14H,2,5,9H2,1H3. The summed E-state index contributed by atoms with van der Waals surface area (Å²) in [6, 6.07) is 5.16. The third-order valence-corrected chi connectivity index (χ3v) is 3.69. The van der Waals surface area contributed by atoms with E-state index in [2.05, 4.69) is 9.71 Å². The minimum absolute atomic E-state index is 0.0206. The normalized spacial score (nSPS) is 12.9. The molecule has 6 heteroatoms. The highest BCUT2D eigenvalue weighted by molar-refractivity contribution is 7.89. The van der Waals surface area contributed by atoms with Crippen LogP contribution in [0.1, 0.15) is 18.9 Å². The van der Waals surface area contributed by atoms with Gasteiger partial charge in [-0.15, -0.1) is 0 Å². The van der Waals surface area contributed by atoms with Crippen molar-refractivity contribution < 1.29 is 8.42 Å². The molecule has 0 saturated carbocycles. The summed E-state index contributed by atoms with van der Waals surface area (Å²) >= 11 is 0. The van der Waals surface area contributed by atoms with Crippen molar-refractivity contribution in [2.24, 2.45) is 0 Å². The maximum absolute atomic E-state index is 11.7. The average Bonchev–Trinajstić information content (AvgIpc) is 2.27. The smallest absolute Gasteiger partial charge is 0.212 e. The van der Waals surface area contributed by atoms with Gasteiger partial charge in [-0.3, -0.25) is 4.98 Å². The molecule has 0 aliphatic heterocycles. The molecule has 1 aromatic rings. The molecule has 5 nitrogen and oxygen atoms in total. The third-order valence-electron chi connectivity index (χ3n) is 2.19. The summed E-state index contributed by atoms with van der Waals surface area (Å²) in [4.78, 5) is 3.86. The molecule has 0 bridgehead atoms. The van der Waals surface area contributed by atoms with Crippen LogP contribution in [-0.4, -0.2) is 25.2 Å². The maximum atomic E-state index is 11.7. The van der Waals surface area contributed by atoms with Crippen molar-refractivity contribution in [3.8, 4) is 6.07 Å². The summed E-state index contributed by atoms with van der Waals surface area (Å²) in [5.41, 5.74) is 0.929. The van der Waals surface area contributed by atoms with Crippen molar-refractivity contribution in [1.82, 2.24) is 9.71 Å². The lowest BCUT2D eigenvalue weighted by Crippen LogP contribution is -2.34. The zero-order chi connectivity index (χ0) is 12.7. The van der Waals surface area contributed by atoms with E-state index in [0.29, 0.717) is 6.42 Å². The monoisotopic (exact) mass is 253 g/mol. The molecule has 1 N–H and O–H groups in total. The van der Waals surface area contributed by atoms with Gasteiger partial charge >= 0.3 is 0 Å². The van der Waals surface area contributed by atoms with Crippen LogP contribution in [0, 0.1) is 11.3 Å². The molecular weight excluding hydrogens is 238 g/mol. The summed E-state index contributed by atoms with van der Waals surface area (Å²) in [6.07, 6.45) is 3.88. The number of nitriles is 1. The van der Waals surface area contributed by atoms with Crippen LogP contribution in [0.3, 0.4) is 0 Å². The van der Waals surface area contributed by atoms with Crippen LogP contribution in [0.5, 0.6) is 0 Å². The van der Waals surface area contributed by atoms with Crippen LogP contribution >= 0.6 is 0 Å². The van der Waals surface area contributed by atoms with Crippen molar-refractivity contribution >= 4 is 10.0 Å². The van der Waals surface area contributed by atoms with E-state index in [1.165, 1.54) is 0 Å². The second kappa shape index (κ2) is 6.33. The first kappa shape index (κ1) is 13.6. The van der Waals surface area contributed by atoms with Crippen LogP contribution in [0.2, 0.25) is 0 Å². The Morgan fingerprint density at radius 1 is 1.47 bits per heavy atom. The van der Waals surface area contributed by atoms with E-state index in [1.54, 1.807) is 31.5 Å². The number of sulfonamides is 1. The van der Waals surface area contributed by atoms with Gasteiger partial charge in [0.1, 0.15) is 0 Å². The van der Waals surface area contributed by atoms with Crippen LogP contribution < -0.4 is 4.72 Å². The van der Waals surface area contributed by atoms with Crippen molar-refractivity contribution in [3.63, 3.8) is 0 Å². The van der Waals surface area contributed by atoms with Crippen LogP contribution in [0.25, 0.3) is 0 Å². The number of pyridine rings is 1. The quantitative estimate of drug-likeness (QED) is 0.814. The molecule has 0 amide bonds. The lowest BCUT2D eigenvalue weighted by atomic mass is 10.2. The number of hydrogen-bond donors (Lipinski definition) is 1.